The lowest BCUT2D eigenvalue weighted by atomic mass is 10.1. The first-order valence-electron chi connectivity index (χ1n) is 5.42. The molecule has 0 unspecified atom stereocenters. The number of hydrogen-bond donors (Lipinski definition) is 1. The molecule has 0 atom stereocenters. The summed E-state index contributed by atoms with van der Waals surface area (Å²) in [6.45, 7) is 0.573. The van der Waals surface area contributed by atoms with Gasteiger partial charge < -0.3 is 5.73 Å². The Hall–Kier alpha value is -1.56. The Morgan fingerprint density at radius 1 is 1.39 bits per heavy atom. The second kappa shape index (κ2) is 5.86. The molecule has 0 heterocycles. The molecule has 0 aromatic heterocycles. The van der Waals surface area contributed by atoms with E-state index in [-0.39, 0.29) is 6.54 Å². The fraction of sp³-hybridized carbons (Fsp3) is 0.417. The standard InChI is InChI=1S/C12H15F3N2O/c1-17(8-11(16)18)6-5-9-3-2-4-10(7-9)12(13,14)15/h2-4,7H,5-6,8H2,1H3,(H2,16,18). The van der Waals surface area contributed by atoms with Crippen LogP contribution in [0.25, 0.3) is 0 Å². The molecule has 0 aliphatic carbocycles. The smallest absolute Gasteiger partial charge is 0.369 e. The number of benzene rings is 1. The van der Waals surface area contributed by atoms with Crippen molar-refractivity contribution in [1.29, 1.82) is 0 Å². The van der Waals surface area contributed by atoms with E-state index >= 15 is 0 Å². The highest BCUT2D eigenvalue weighted by molar-refractivity contribution is 5.75. The third-order valence-electron chi connectivity index (χ3n) is 2.46. The van der Waals surface area contributed by atoms with Crippen LogP contribution in [0.15, 0.2) is 24.3 Å². The number of halogens is 3. The molecule has 0 saturated heterocycles. The van der Waals surface area contributed by atoms with E-state index in [1.54, 1.807) is 18.0 Å². The van der Waals surface area contributed by atoms with Gasteiger partial charge in [0.05, 0.1) is 12.1 Å². The van der Waals surface area contributed by atoms with E-state index in [0.717, 1.165) is 12.1 Å². The van der Waals surface area contributed by atoms with Gasteiger partial charge in [0.25, 0.3) is 0 Å². The van der Waals surface area contributed by atoms with Crippen LogP contribution in [0.2, 0.25) is 0 Å². The van der Waals surface area contributed by atoms with E-state index in [2.05, 4.69) is 0 Å². The Bertz CT molecular complexity index is 418. The van der Waals surface area contributed by atoms with E-state index in [1.807, 2.05) is 0 Å². The van der Waals surface area contributed by atoms with Crippen LogP contribution in [0.5, 0.6) is 0 Å². The minimum Gasteiger partial charge on any atom is -0.369 e. The van der Waals surface area contributed by atoms with Crippen molar-refractivity contribution >= 4 is 5.91 Å². The number of hydrogen-bond acceptors (Lipinski definition) is 2. The van der Waals surface area contributed by atoms with Gasteiger partial charge in [0.15, 0.2) is 0 Å². The molecular formula is C12H15F3N2O. The molecule has 0 saturated carbocycles. The first-order chi connectivity index (χ1) is 8.29. The Balaban J connectivity index is 2.60. The van der Waals surface area contributed by atoms with E-state index < -0.39 is 17.6 Å². The van der Waals surface area contributed by atoms with Crippen molar-refractivity contribution in [2.24, 2.45) is 5.73 Å². The van der Waals surface area contributed by atoms with Gasteiger partial charge in [0, 0.05) is 6.54 Å². The molecule has 3 nitrogen and oxygen atoms in total. The minimum absolute atomic E-state index is 0.0962. The number of nitrogens with two attached hydrogens (primary N) is 1. The molecule has 18 heavy (non-hydrogen) atoms. The second-order valence-corrected chi connectivity index (χ2v) is 4.15. The summed E-state index contributed by atoms with van der Waals surface area (Å²) in [6.07, 6.45) is -3.89. The fourth-order valence-electron chi connectivity index (χ4n) is 1.57. The van der Waals surface area contributed by atoms with Gasteiger partial charge in [-0.25, -0.2) is 0 Å². The van der Waals surface area contributed by atoms with Gasteiger partial charge in [0.2, 0.25) is 5.91 Å². The van der Waals surface area contributed by atoms with Gasteiger partial charge in [0.1, 0.15) is 0 Å². The number of primary amides is 1. The maximum absolute atomic E-state index is 12.5. The van der Waals surface area contributed by atoms with Crippen LogP contribution >= 0.6 is 0 Å². The monoisotopic (exact) mass is 260 g/mol. The average molecular weight is 260 g/mol. The van der Waals surface area contributed by atoms with Crippen LogP contribution in [-0.2, 0) is 17.4 Å². The summed E-state index contributed by atoms with van der Waals surface area (Å²) in [7, 11) is 1.69. The molecule has 0 spiro atoms. The number of nitrogens with zero attached hydrogens (tertiary/aromatic N) is 1. The van der Waals surface area contributed by atoms with E-state index in [0.29, 0.717) is 18.5 Å². The summed E-state index contributed by atoms with van der Waals surface area (Å²) in [6, 6.07) is 5.17. The first kappa shape index (κ1) is 14.5. The summed E-state index contributed by atoms with van der Waals surface area (Å²) in [4.78, 5) is 12.3. The SMILES string of the molecule is CN(CCc1cccc(C(F)(F)F)c1)CC(N)=O. The maximum Gasteiger partial charge on any atom is 0.416 e. The van der Waals surface area contributed by atoms with E-state index in [1.165, 1.54) is 6.07 Å². The highest BCUT2D eigenvalue weighted by atomic mass is 19.4. The van der Waals surface area contributed by atoms with E-state index in [9.17, 15) is 18.0 Å². The highest BCUT2D eigenvalue weighted by Gasteiger charge is 2.30. The summed E-state index contributed by atoms with van der Waals surface area (Å²) >= 11 is 0. The van der Waals surface area contributed by atoms with Crippen LogP contribution in [0.3, 0.4) is 0 Å². The van der Waals surface area contributed by atoms with Crippen LogP contribution < -0.4 is 5.73 Å². The molecular weight excluding hydrogens is 245 g/mol. The Morgan fingerprint density at radius 2 is 2.06 bits per heavy atom. The molecule has 0 radical (unpaired) electrons. The normalized spacial score (nSPS) is 11.8. The number of likely N-dealkylation sites (N-methyl/N-ethyl adjacent to an activating group) is 1. The Labute approximate surface area is 103 Å². The second-order valence-electron chi connectivity index (χ2n) is 4.15. The van der Waals surface area contributed by atoms with Gasteiger partial charge in [-0.3, -0.25) is 9.69 Å². The topological polar surface area (TPSA) is 46.3 Å². The van der Waals surface area contributed by atoms with Crippen LogP contribution in [0.4, 0.5) is 13.2 Å². The molecule has 1 rings (SSSR count). The van der Waals surface area contributed by atoms with Gasteiger partial charge in [-0.2, -0.15) is 13.2 Å². The van der Waals surface area contributed by atoms with Gasteiger partial charge in [-0.15, -0.1) is 0 Å². The summed E-state index contributed by atoms with van der Waals surface area (Å²) in [5.41, 5.74) is 4.94. The van der Waals surface area contributed by atoms with Crippen molar-refractivity contribution in [1.82, 2.24) is 4.90 Å². The lowest BCUT2D eigenvalue weighted by molar-refractivity contribution is -0.137. The molecule has 0 aliphatic rings. The molecule has 1 amide bonds. The predicted molar refractivity (Wildman–Crippen MR) is 61.8 cm³/mol. The van der Waals surface area contributed by atoms with Gasteiger partial charge in [-0.05, 0) is 25.1 Å². The van der Waals surface area contributed by atoms with Crippen LogP contribution in [-0.4, -0.2) is 30.9 Å². The number of carbonyl (C=O) groups is 1. The summed E-state index contributed by atoms with van der Waals surface area (Å²) < 4.78 is 37.4. The van der Waals surface area contributed by atoms with E-state index in [4.69, 9.17) is 5.73 Å². The first-order valence-corrected chi connectivity index (χ1v) is 5.42. The molecule has 0 bridgehead atoms. The molecule has 2 N–H and O–H groups in total. The molecule has 1 aromatic rings. The number of carbonyl (C=O) groups excluding carboxylic acids is 1. The largest absolute Gasteiger partial charge is 0.416 e. The minimum atomic E-state index is -4.32. The predicted octanol–water partition coefficient (Wildman–Crippen LogP) is 1.67. The summed E-state index contributed by atoms with van der Waals surface area (Å²) in [5, 5.41) is 0. The number of amides is 1. The molecule has 0 fully saturated rings. The summed E-state index contributed by atoms with van der Waals surface area (Å²) in [5.74, 6) is -0.457. The van der Waals surface area contributed by atoms with Crippen molar-refractivity contribution < 1.29 is 18.0 Å². The third-order valence-corrected chi connectivity index (χ3v) is 2.46. The molecule has 6 heteroatoms. The van der Waals surface area contributed by atoms with Gasteiger partial charge >= 0.3 is 6.18 Å². The third kappa shape index (κ3) is 4.75. The van der Waals surface area contributed by atoms with Crippen molar-refractivity contribution in [2.45, 2.75) is 12.6 Å². The van der Waals surface area contributed by atoms with Crippen LogP contribution in [0, 0.1) is 0 Å². The number of alkyl halides is 3. The lowest BCUT2D eigenvalue weighted by Gasteiger charge is -2.15. The number of rotatable bonds is 5. The zero-order chi connectivity index (χ0) is 13.8. The zero-order valence-corrected chi connectivity index (χ0v) is 10.00. The van der Waals surface area contributed by atoms with Gasteiger partial charge in [-0.1, -0.05) is 18.2 Å². The average Bonchev–Trinajstić information content (AvgIpc) is 2.25. The van der Waals surface area contributed by atoms with Crippen molar-refractivity contribution in [2.75, 3.05) is 20.1 Å². The Kier molecular flexibility index (Phi) is 4.72. The van der Waals surface area contributed by atoms with Crippen molar-refractivity contribution in [3.8, 4) is 0 Å². The van der Waals surface area contributed by atoms with Crippen molar-refractivity contribution in [3.63, 3.8) is 0 Å². The zero-order valence-electron chi connectivity index (χ0n) is 10.00. The molecule has 1 aromatic carbocycles. The molecule has 100 valence electrons. The highest BCUT2D eigenvalue weighted by Crippen LogP contribution is 2.29. The maximum atomic E-state index is 12.5. The fourth-order valence-corrected chi connectivity index (χ4v) is 1.57. The van der Waals surface area contributed by atoms with Crippen molar-refractivity contribution in [3.05, 3.63) is 35.4 Å². The molecule has 0 aliphatic heterocycles. The lowest BCUT2D eigenvalue weighted by Crippen LogP contribution is -2.32. The van der Waals surface area contributed by atoms with Crippen LogP contribution in [0.1, 0.15) is 11.1 Å². The Morgan fingerprint density at radius 3 is 2.61 bits per heavy atom. The quantitative estimate of drug-likeness (QED) is 0.875.